The van der Waals surface area contributed by atoms with Crippen LogP contribution in [-0.2, 0) is 6.54 Å². The number of benzene rings is 1. The molecule has 1 amide bonds. The van der Waals surface area contributed by atoms with E-state index in [1.54, 1.807) is 25.1 Å². The van der Waals surface area contributed by atoms with Gasteiger partial charge in [0.2, 0.25) is 0 Å². The summed E-state index contributed by atoms with van der Waals surface area (Å²) < 4.78 is 4.90. The summed E-state index contributed by atoms with van der Waals surface area (Å²) in [6.45, 7) is 2.46. The number of rotatable bonds is 5. The number of carbonyl (C=O) groups excluding carboxylic acids is 1. The fraction of sp³-hybridized carbons (Fsp3) is 0.176. The minimum atomic E-state index is -0.381. The molecule has 122 valence electrons. The van der Waals surface area contributed by atoms with E-state index in [4.69, 9.17) is 4.52 Å². The van der Waals surface area contributed by atoms with E-state index < -0.39 is 0 Å². The first-order chi connectivity index (χ1) is 11.6. The molecule has 3 rings (SSSR count). The van der Waals surface area contributed by atoms with Gasteiger partial charge in [0.25, 0.3) is 5.91 Å². The minimum absolute atomic E-state index is 0.215. The Bertz CT molecular complexity index is 815. The highest BCUT2D eigenvalue weighted by molar-refractivity contribution is 6.02. The fourth-order valence-electron chi connectivity index (χ4n) is 2.19. The molecule has 0 fully saturated rings. The SMILES string of the molecule is Cc1cc(NC(=O)c2ccc(N(C)Cc3ccccc3)nn2)no1. The van der Waals surface area contributed by atoms with Gasteiger partial charge in [-0.1, -0.05) is 35.5 Å². The van der Waals surface area contributed by atoms with Crippen molar-refractivity contribution in [3.63, 3.8) is 0 Å². The Morgan fingerprint density at radius 2 is 1.96 bits per heavy atom. The zero-order valence-corrected chi connectivity index (χ0v) is 13.4. The van der Waals surface area contributed by atoms with Gasteiger partial charge in [-0.2, -0.15) is 0 Å². The van der Waals surface area contributed by atoms with Crippen molar-refractivity contribution < 1.29 is 9.32 Å². The second kappa shape index (κ2) is 6.91. The van der Waals surface area contributed by atoms with E-state index in [1.807, 2.05) is 42.3 Å². The van der Waals surface area contributed by atoms with Crippen molar-refractivity contribution in [1.29, 1.82) is 0 Å². The molecule has 0 aliphatic rings. The van der Waals surface area contributed by atoms with Crippen molar-refractivity contribution in [3.05, 3.63) is 65.5 Å². The molecule has 1 aromatic carbocycles. The summed E-state index contributed by atoms with van der Waals surface area (Å²) in [4.78, 5) is 14.0. The Morgan fingerprint density at radius 1 is 1.17 bits per heavy atom. The Kier molecular flexibility index (Phi) is 4.51. The van der Waals surface area contributed by atoms with E-state index >= 15 is 0 Å². The number of amides is 1. The highest BCUT2D eigenvalue weighted by atomic mass is 16.5. The number of nitrogens with zero attached hydrogens (tertiary/aromatic N) is 4. The summed E-state index contributed by atoms with van der Waals surface area (Å²) >= 11 is 0. The molecular weight excluding hydrogens is 306 g/mol. The van der Waals surface area contributed by atoms with Gasteiger partial charge in [-0.05, 0) is 24.6 Å². The molecule has 2 heterocycles. The van der Waals surface area contributed by atoms with Gasteiger partial charge in [-0.3, -0.25) is 4.79 Å². The third-order valence-electron chi connectivity index (χ3n) is 3.41. The number of nitrogens with one attached hydrogen (secondary N) is 1. The van der Waals surface area contributed by atoms with Gasteiger partial charge >= 0.3 is 0 Å². The van der Waals surface area contributed by atoms with Gasteiger partial charge in [-0.25, -0.2) is 0 Å². The molecule has 0 atom stereocenters. The Labute approximate surface area is 139 Å². The lowest BCUT2D eigenvalue weighted by Gasteiger charge is -2.17. The summed E-state index contributed by atoms with van der Waals surface area (Å²) in [5, 5.41) is 14.4. The molecule has 7 nitrogen and oxygen atoms in total. The van der Waals surface area contributed by atoms with E-state index in [9.17, 15) is 4.79 Å². The van der Waals surface area contributed by atoms with E-state index in [-0.39, 0.29) is 11.6 Å². The molecule has 0 saturated carbocycles. The summed E-state index contributed by atoms with van der Waals surface area (Å²) in [5.41, 5.74) is 1.39. The average molecular weight is 323 g/mol. The van der Waals surface area contributed by atoms with Crippen LogP contribution in [0.25, 0.3) is 0 Å². The number of carbonyl (C=O) groups is 1. The molecule has 0 saturated heterocycles. The van der Waals surface area contributed by atoms with Gasteiger partial charge < -0.3 is 14.7 Å². The van der Waals surface area contributed by atoms with Crippen LogP contribution in [0.4, 0.5) is 11.6 Å². The number of hydrogen-bond donors (Lipinski definition) is 1. The Balaban J connectivity index is 1.65. The van der Waals surface area contributed by atoms with Crippen molar-refractivity contribution in [3.8, 4) is 0 Å². The number of hydrogen-bond acceptors (Lipinski definition) is 6. The second-order valence-electron chi connectivity index (χ2n) is 5.40. The number of aromatic nitrogens is 3. The third-order valence-corrected chi connectivity index (χ3v) is 3.41. The van der Waals surface area contributed by atoms with E-state index in [1.165, 1.54) is 5.56 Å². The molecule has 24 heavy (non-hydrogen) atoms. The van der Waals surface area contributed by atoms with Crippen LogP contribution < -0.4 is 10.2 Å². The van der Waals surface area contributed by atoms with Crippen LogP contribution in [0.2, 0.25) is 0 Å². The first-order valence-electron chi connectivity index (χ1n) is 7.45. The van der Waals surface area contributed by atoms with Crippen LogP contribution in [0.15, 0.2) is 53.1 Å². The predicted octanol–water partition coefficient (Wildman–Crippen LogP) is 2.66. The highest BCUT2D eigenvalue weighted by Crippen LogP contribution is 2.13. The molecule has 7 heteroatoms. The van der Waals surface area contributed by atoms with Crippen molar-refractivity contribution in [2.75, 3.05) is 17.3 Å². The summed E-state index contributed by atoms with van der Waals surface area (Å²) in [5.74, 6) is 1.28. The van der Waals surface area contributed by atoms with Gasteiger partial charge in [0.05, 0.1) is 0 Å². The number of aryl methyl sites for hydroxylation is 1. The van der Waals surface area contributed by atoms with E-state index in [0.29, 0.717) is 23.9 Å². The molecule has 3 aromatic rings. The van der Waals surface area contributed by atoms with E-state index in [2.05, 4.69) is 20.7 Å². The largest absolute Gasteiger partial charge is 0.360 e. The molecule has 0 radical (unpaired) electrons. The fourth-order valence-corrected chi connectivity index (χ4v) is 2.19. The zero-order chi connectivity index (χ0) is 16.9. The summed E-state index contributed by atoms with van der Waals surface area (Å²) in [7, 11) is 1.93. The zero-order valence-electron chi connectivity index (χ0n) is 13.4. The molecular formula is C17H17N5O2. The van der Waals surface area contributed by atoms with Gasteiger partial charge in [0, 0.05) is 19.7 Å². The topological polar surface area (TPSA) is 84.2 Å². The third kappa shape index (κ3) is 3.75. The number of anilines is 2. The van der Waals surface area contributed by atoms with Gasteiger partial charge in [0.15, 0.2) is 17.3 Å². The standard InChI is InChI=1S/C17H17N5O2/c1-12-10-15(21-24-12)18-17(23)14-8-9-16(20-19-14)22(2)11-13-6-4-3-5-7-13/h3-10H,11H2,1-2H3,(H,18,21,23). The van der Waals surface area contributed by atoms with Crippen LogP contribution in [0.5, 0.6) is 0 Å². The molecule has 2 aromatic heterocycles. The predicted molar refractivity (Wildman–Crippen MR) is 89.8 cm³/mol. The lowest BCUT2D eigenvalue weighted by molar-refractivity contribution is 0.102. The molecule has 1 N–H and O–H groups in total. The lowest BCUT2D eigenvalue weighted by atomic mass is 10.2. The van der Waals surface area contributed by atoms with Crippen LogP contribution in [0, 0.1) is 6.92 Å². The molecule has 0 spiro atoms. The highest BCUT2D eigenvalue weighted by Gasteiger charge is 2.12. The maximum atomic E-state index is 12.1. The minimum Gasteiger partial charge on any atom is -0.360 e. The van der Waals surface area contributed by atoms with Gasteiger partial charge in [-0.15, -0.1) is 10.2 Å². The summed E-state index contributed by atoms with van der Waals surface area (Å²) in [6, 6.07) is 15.1. The normalized spacial score (nSPS) is 10.4. The first kappa shape index (κ1) is 15.7. The van der Waals surface area contributed by atoms with Crippen molar-refractivity contribution >= 4 is 17.5 Å². The second-order valence-corrected chi connectivity index (χ2v) is 5.40. The maximum Gasteiger partial charge on any atom is 0.277 e. The van der Waals surface area contributed by atoms with Crippen molar-refractivity contribution in [2.45, 2.75) is 13.5 Å². The maximum absolute atomic E-state index is 12.1. The quantitative estimate of drug-likeness (QED) is 0.777. The van der Waals surface area contributed by atoms with Crippen LogP contribution >= 0.6 is 0 Å². The molecule has 0 bridgehead atoms. The van der Waals surface area contributed by atoms with Crippen LogP contribution in [0.3, 0.4) is 0 Å². The molecule has 0 aliphatic carbocycles. The molecule has 0 aliphatic heterocycles. The monoisotopic (exact) mass is 323 g/mol. The average Bonchev–Trinajstić information content (AvgIpc) is 3.00. The molecule has 0 unspecified atom stereocenters. The smallest absolute Gasteiger partial charge is 0.277 e. The first-order valence-corrected chi connectivity index (χ1v) is 7.45. The van der Waals surface area contributed by atoms with Crippen molar-refractivity contribution in [2.24, 2.45) is 0 Å². The van der Waals surface area contributed by atoms with Crippen molar-refractivity contribution in [1.82, 2.24) is 15.4 Å². The van der Waals surface area contributed by atoms with Crippen LogP contribution in [-0.4, -0.2) is 28.3 Å². The van der Waals surface area contributed by atoms with E-state index in [0.717, 1.165) is 0 Å². The lowest BCUT2D eigenvalue weighted by Crippen LogP contribution is -2.20. The summed E-state index contributed by atoms with van der Waals surface area (Å²) in [6.07, 6.45) is 0. The van der Waals surface area contributed by atoms with Gasteiger partial charge in [0.1, 0.15) is 5.76 Å². The van der Waals surface area contributed by atoms with Crippen LogP contribution in [0.1, 0.15) is 21.8 Å². The Hall–Kier alpha value is -3.22. The Morgan fingerprint density at radius 3 is 2.58 bits per heavy atom.